The number of rotatable bonds is 9. The van der Waals surface area contributed by atoms with E-state index in [0.29, 0.717) is 35.0 Å². The number of carboxylic acid groups (broad SMARTS) is 1. The van der Waals surface area contributed by atoms with E-state index < -0.39 is 35.1 Å². The second-order valence-electron chi connectivity index (χ2n) is 9.80. The minimum Gasteiger partial charge on any atom is -0.488 e. The molecule has 0 spiro atoms. The number of carbonyl (C=O) groups is 1. The second-order valence-corrected chi connectivity index (χ2v) is 9.80. The van der Waals surface area contributed by atoms with Crippen LogP contribution in [0.4, 0.5) is 26.3 Å². The van der Waals surface area contributed by atoms with Crippen LogP contribution in [0.5, 0.6) is 5.75 Å². The first-order chi connectivity index (χ1) is 20.9. The smallest absolute Gasteiger partial charge is 0.434 e. The van der Waals surface area contributed by atoms with E-state index in [9.17, 15) is 36.2 Å². The van der Waals surface area contributed by atoms with Gasteiger partial charge in [0, 0.05) is 5.56 Å². The van der Waals surface area contributed by atoms with Crippen LogP contribution in [-0.4, -0.2) is 25.8 Å². The monoisotopic (exact) mass is 611 g/mol. The number of pyridine rings is 1. The van der Waals surface area contributed by atoms with Gasteiger partial charge in [-0.2, -0.15) is 31.4 Å². The molecule has 0 amide bonds. The van der Waals surface area contributed by atoms with Crippen molar-refractivity contribution in [1.29, 1.82) is 0 Å². The Morgan fingerprint density at radius 1 is 0.750 bits per heavy atom. The number of alkyl halides is 6. The van der Waals surface area contributed by atoms with Gasteiger partial charge >= 0.3 is 18.3 Å². The molecule has 0 aliphatic rings. The fourth-order valence-corrected chi connectivity index (χ4v) is 4.56. The summed E-state index contributed by atoms with van der Waals surface area (Å²) in [5.74, 6) is -1.55. The van der Waals surface area contributed by atoms with Gasteiger partial charge in [-0.1, -0.05) is 54.6 Å². The van der Waals surface area contributed by atoms with E-state index in [1.165, 1.54) is 24.3 Å². The minimum absolute atomic E-state index is 0.176. The van der Waals surface area contributed by atoms with Crippen molar-refractivity contribution >= 4 is 5.97 Å². The number of nitrogens with zero attached hydrogens (tertiary/aromatic N) is 3. The average Bonchev–Trinajstić information content (AvgIpc) is 3.47. The van der Waals surface area contributed by atoms with Gasteiger partial charge in [-0.25, -0.2) is 14.5 Å². The summed E-state index contributed by atoms with van der Waals surface area (Å²) < 4.78 is 86.0. The van der Waals surface area contributed by atoms with E-state index in [4.69, 9.17) is 4.74 Å². The Balaban J connectivity index is 1.28. The van der Waals surface area contributed by atoms with Crippen molar-refractivity contribution in [2.75, 3.05) is 0 Å². The van der Waals surface area contributed by atoms with E-state index in [0.717, 1.165) is 28.8 Å². The third kappa shape index (κ3) is 6.91. The first-order valence-electron chi connectivity index (χ1n) is 13.2. The highest BCUT2D eigenvalue weighted by Gasteiger charge is 2.41. The van der Waals surface area contributed by atoms with Gasteiger partial charge in [-0.15, -0.1) is 0 Å². The molecular formula is C32H23F6N3O3. The lowest BCUT2D eigenvalue weighted by atomic mass is 10.0. The fourth-order valence-electron chi connectivity index (χ4n) is 4.56. The van der Waals surface area contributed by atoms with Crippen LogP contribution in [0.3, 0.4) is 0 Å². The van der Waals surface area contributed by atoms with Crippen molar-refractivity contribution in [2.45, 2.75) is 31.8 Å². The quantitative estimate of drug-likeness (QED) is 0.171. The molecule has 5 rings (SSSR count). The van der Waals surface area contributed by atoms with E-state index in [1.807, 2.05) is 24.3 Å². The van der Waals surface area contributed by atoms with E-state index in [-0.39, 0.29) is 18.1 Å². The van der Waals surface area contributed by atoms with Crippen molar-refractivity contribution in [3.05, 3.63) is 131 Å². The number of halogens is 6. The predicted molar refractivity (Wildman–Crippen MR) is 148 cm³/mol. The van der Waals surface area contributed by atoms with Gasteiger partial charge in [0.1, 0.15) is 17.9 Å². The number of carboxylic acids is 1. The number of para-hydroxylation sites is 1. The van der Waals surface area contributed by atoms with Crippen molar-refractivity contribution in [3.63, 3.8) is 0 Å². The van der Waals surface area contributed by atoms with Crippen LogP contribution < -0.4 is 4.74 Å². The molecule has 0 bridgehead atoms. The minimum atomic E-state index is -4.99. The Labute approximate surface area is 247 Å². The topological polar surface area (TPSA) is 77.2 Å². The molecule has 0 saturated heterocycles. The molecule has 44 heavy (non-hydrogen) atoms. The van der Waals surface area contributed by atoms with E-state index >= 15 is 0 Å². The van der Waals surface area contributed by atoms with Gasteiger partial charge in [0.05, 0.1) is 17.5 Å². The molecule has 1 N–H and O–H groups in total. The molecule has 6 nitrogen and oxygen atoms in total. The molecule has 0 saturated carbocycles. The molecule has 0 fully saturated rings. The number of ether oxygens (including phenoxy) is 1. The summed E-state index contributed by atoms with van der Waals surface area (Å²) in [5, 5.41) is 12.8. The molecule has 3 aromatic carbocycles. The largest absolute Gasteiger partial charge is 0.488 e. The van der Waals surface area contributed by atoms with Crippen LogP contribution >= 0.6 is 0 Å². The average molecular weight is 612 g/mol. The van der Waals surface area contributed by atoms with Crippen LogP contribution in [0.2, 0.25) is 0 Å². The lowest BCUT2D eigenvalue weighted by Gasteiger charge is -2.14. The predicted octanol–water partition coefficient (Wildman–Crippen LogP) is 8.03. The molecular weight excluding hydrogens is 588 g/mol. The summed E-state index contributed by atoms with van der Waals surface area (Å²) >= 11 is 0. The Kier molecular flexibility index (Phi) is 8.43. The molecule has 0 aliphatic carbocycles. The number of hydrogen-bond acceptors (Lipinski definition) is 4. The normalized spacial score (nSPS) is 11.9. The maximum atomic E-state index is 13.7. The summed E-state index contributed by atoms with van der Waals surface area (Å²) in [6.45, 7) is 0.176. The second kappa shape index (κ2) is 12.2. The maximum absolute atomic E-state index is 13.7. The number of aromatic nitrogens is 3. The molecule has 2 heterocycles. The van der Waals surface area contributed by atoms with Crippen molar-refractivity contribution < 1.29 is 41.0 Å². The van der Waals surface area contributed by atoms with Gasteiger partial charge in [-0.3, -0.25) is 0 Å². The number of hydrogen-bond donors (Lipinski definition) is 1. The third-order valence-electron chi connectivity index (χ3n) is 6.78. The van der Waals surface area contributed by atoms with Crippen LogP contribution in [0, 0.1) is 0 Å². The third-order valence-corrected chi connectivity index (χ3v) is 6.78. The lowest BCUT2D eigenvalue weighted by molar-refractivity contribution is -0.143. The summed E-state index contributed by atoms with van der Waals surface area (Å²) in [4.78, 5) is 15.7. The van der Waals surface area contributed by atoms with Gasteiger partial charge in [0.2, 0.25) is 0 Å². The Morgan fingerprint density at radius 3 is 1.98 bits per heavy atom. The highest BCUT2D eigenvalue weighted by molar-refractivity contribution is 5.89. The first kappa shape index (κ1) is 30.3. The highest BCUT2D eigenvalue weighted by atomic mass is 19.4. The lowest BCUT2D eigenvalue weighted by Crippen LogP contribution is -2.18. The molecule has 0 unspecified atom stereocenters. The zero-order valence-electron chi connectivity index (χ0n) is 22.7. The molecule has 5 aromatic rings. The molecule has 0 aliphatic heterocycles. The SMILES string of the molecule is O=C(O)c1cnn(-c2cccc(-c3ccccc3OCc3ccc(CCc4ccc(C(F)(F)F)cc4)cc3)n2)c1C(F)(F)F. The number of aromatic carboxylic acids is 1. The van der Waals surface area contributed by atoms with Gasteiger partial charge in [0.15, 0.2) is 11.5 Å². The van der Waals surface area contributed by atoms with Crippen molar-refractivity contribution in [2.24, 2.45) is 0 Å². The molecule has 0 radical (unpaired) electrons. The van der Waals surface area contributed by atoms with Crippen molar-refractivity contribution in [1.82, 2.24) is 14.8 Å². The molecule has 226 valence electrons. The standard InChI is InChI=1S/C32H23F6N3O3/c33-31(34,35)23-16-14-21(15-17-23)9-8-20-10-12-22(13-11-20)19-44-27-6-2-1-4-24(27)26-5-3-7-28(40-26)41-29(32(36,37)38)25(18-39-41)30(42)43/h1-7,10-18H,8-9,19H2,(H,42,43). The Morgan fingerprint density at radius 2 is 1.36 bits per heavy atom. The number of benzene rings is 3. The Hall–Kier alpha value is -5.13. The van der Waals surface area contributed by atoms with Crippen LogP contribution in [0.1, 0.15) is 38.3 Å². The Bertz CT molecular complexity index is 1760. The summed E-state index contributed by atoms with van der Waals surface area (Å²) in [5.41, 5.74) is 0.313. The zero-order chi connectivity index (χ0) is 31.5. The van der Waals surface area contributed by atoms with Crippen LogP contribution in [-0.2, 0) is 31.8 Å². The molecule has 0 atom stereocenters. The van der Waals surface area contributed by atoms with E-state index in [2.05, 4.69) is 10.1 Å². The summed E-state index contributed by atoms with van der Waals surface area (Å²) in [7, 11) is 0. The highest BCUT2D eigenvalue weighted by Crippen LogP contribution is 2.35. The van der Waals surface area contributed by atoms with Gasteiger partial charge < -0.3 is 9.84 Å². The zero-order valence-corrected chi connectivity index (χ0v) is 22.7. The van der Waals surface area contributed by atoms with Crippen LogP contribution in [0.25, 0.3) is 17.1 Å². The van der Waals surface area contributed by atoms with Crippen LogP contribution in [0.15, 0.2) is 97.2 Å². The number of aryl methyl sites for hydroxylation is 2. The van der Waals surface area contributed by atoms with Crippen molar-refractivity contribution in [3.8, 4) is 22.8 Å². The summed E-state index contributed by atoms with van der Waals surface area (Å²) in [6, 6.07) is 23.9. The van der Waals surface area contributed by atoms with Gasteiger partial charge in [0.25, 0.3) is 0 Å². The first-order valence-corrected chi connectivity index (χ1v) is 13.2. The van der Waals surface area contributed by atoms with Gasteiger partial charge in [-0.05, 0) is 65.9 Å². The molecule has 12 heteroatoms. The summed E-state index contributed by atoms with van der Waals surface area (Å²) in [6.07, 6.45) is -7.50. The molecule has 2 aromatic heterocycles. The fraction of sp³-hybridized carbons (Fsp3) is 0.156. The van der Waals surface area contributed by atoms with E-state index in [1.54, 1.807) is 30.3 Å². The maximum Gasteiger partial charge on any atom is 0.434 e.